The van der Waals surface area contributed by atoms with E-state index in [9.17, 15) is 0 Å². The molecule has 2 atom stereocenters. The van der Waals surface area contributed by atoms with Gasteiger partial charge in [0, 0.05) is 11.8 Å². The van der Waals surface area contributed by atoms with Crippen LogP contribution >= 0.6 is 11.8 Å². The number of hydrogen-bond acceptors (Lipinski definition) is 5. The molecule has 1 aliphatic rings. The van der Waals surface area contributed by atoms with Crippen molar-refractivity contribution in [2.75, 3.05) is 12.9 Å². The van der Waals surface area contributed by atoms with E-state index in [-0.39, 0.29) is 10.8 Å². The van der Waals surface area contributed by atoms with Crippen LogP contribution in [-0.4, -0.2) is 27.4 Å². The fourth-order valence-corrected chi connectivity index (χ4v) is 3.88. The van der Waals surface area contributed by atoms with E-state index in [4.69, 9.17) is 10.6 Å². The van der Waals surface area contributed by atoms with Gasteiger partial charge in [0.15, 0.2) is 5.75 Å². The molecule has 0 aromatic carbocycles. The van der Waals surface area contributed by atoms with E-state index in [1.165, 1.54) is 12.2 Å². The number of hydrazine groups is 1. The molecule has 1 aliphatic heterocycles. The van der Waals surface area contributed by atoms with E-state index in [0.29, 0.717) is 0 Å². The Morgan fingerprint density at radius 2 is 2.47 bits per heavy atom. The Kier molecular flexibility index (Phi) is 3.65. The summed E-state index contributed by atoms with van der Waals surface area (Å²) in [6.07, 6.45) is 4.13. The van der Waals surface area contributed by atoms with Crippen molar-refractivity contribution in [1.82, 2.24) is 15.2 Å². The first-order chi connectivity index (χ1) is 8.12. The molecule has 2 heterocycles. The largest absolute Gasteiger partial charge is 0.493 e. The quantitative estimate of drug-likeness (QED) is 0.626. The Morgan fingerprint density at radius 3 is 3.00 bits per heavy atom. The molecule has 0 saturated carbocycles. The van der Waals surface area contributed by atoms with Crippen molar-refractivity contribution in [2.45, 2.75) is 30.6 Å². The second-order valence-corrected chi connectivity index (χ2v) is 6.22. The number of thioether (sulfide) groups is 1. The minimum atomic E-state index is 0.0532. The molecule has 0 spiro atoms. The molecule has 2 rings (SSSR count). The summed E-state index contributed by atoms with van der Waals surface area (Å²) in [4.78, 5) is 0. The molecule has 1 fully saturated rings. The van der Waals surface area contributed by atoms with Crippen molar-refractivity contribution < 1.29 is 4.74 Å². The molecule has 0 amide bonds. The summed E-state index contributed by atoms with van der Waals surface area (Å²) in [5.41, 5.74) is 3.96. The van der Waals surface area contributed by atoms with Gasteiger partial charge in [0.2, 0.25) is 0 Å². The topological polar surface area (TPSA) is 65.1 Å². The van der Waals surface area contributed by atoms with E-state index in [1.54, 1.807) is 13.3 Å². The van der Waals surface area contributed by atoms with Crippen LogP contribution in [0.15, 0.2) is 6.20 Å². The van der Waals surface area contributed by atoms with Crippen molar-refractivity contribution in [3.8, 4) is 5.75 Å². The lowest BCUT2D eigenvalue weighted by atomic mass is 9.93. The van der Waals surface area contributed by atoms with Crippen LogP contribution in [0.2, 0.25) is 0 Å². The summed E-state index contributed by atoms with van der Waals surface area (Å²) >= 11 is 1.96. The van der Waals surface area contributed by atoms with Gasteiger partial charge < -0.3 is 4.74 Å². The van der Waals surface area contributed by atoms with Crippen LogP contribution in [0.5, 0.6) is 5.75 Å². The maximum Gasteiger partial charge on any atom is 0.161 e. The second kappa shape index (κ2) is 4.88. The van der Waals surface area contributed by atoms with Gasteiger partial charge in [-0.1, -0.05) is 0 Å². The van der Waals surface area contributed by atoms with Gasteiger partial charge in [-0.3, -0.25) is 10.5 Å². The van der Waals surface area contributed by atoms with E-state index in [1.807, 2.05) is 23.5 Å². The normalized spacial score (nSPS) is 26.1. The van der Waals surface area contributed by atoms with Crippen LogP contribution in [-0.2, 0) is 7.05 Å². The highest BCUT2D eigenvalue weighted by molar-refractivity contribution is 8.00. The minimum Gasteiger partial charge on any atom is -0.493 e. The molecule has 17 heavy (non-hydrogen) atoms. The number of ether oxygens (including phenoxy) is 1. The zero-order valence-corrected chi connectivity index (χ0v) is 11.4. The lowest BCUT2D eigenvalue weighted by molar-refractivity contribution is 0.363. The van der Waals surface area contributed by atoms with Crippen LogP contribution in [0.25, 0.3) is 0 Å². The fraction of sp³-hybridized carbons (Fsp3) is 0.727. The van der Waals surface area contributed by atoms with E-state index >= 15 is 0 Å². The van der Waals surface area contributed by atoms with Gasteiger partial charge in [-0.25, -0.2) is 5.43 Å². The number of nitrogens with two attached hydrogens (primary N) is 1. The van der Waals surface area contributed by atoms with Crippen LogP contribution in [0.1, 0.15) is 31.5 Å². The Morgan fingerprint density at radius 1 is 1.71 bits per heavy atom. The summed E-state index contributed by atoms with van der Waals surface area (Å²) in [6.45, 7) is 2.25. The summed E-state index contributed by atoms with van der Waals surface area (Å²) in [6, 6.07) is 0.0532. The van der Waals surface area contributed by atoms with Gasteiger partial charge in [-0.2, -0.15) is 16.9 Å². The van der Waals surface area contributed by atoms with Crippen molar-refractivity contribution in [1.29, 1.82) is 0 Å². The molecule has 0 bridgehead atoms. The van der Waals surface area contributed by atoms with Gasteiger partial charge in [0.1, 0.15) is 0 Å². The molecular formula is C11H20N4OS. The molecule has 96 valence electrons. The number of rotatable bonds is 4. The van der Waals surface area contributed by atoms with E-state index in [2.05, 4.69) is 17.4 Å². The van der Waals surface area contributed by atoms with Crippen molar-refractivity contribution in [3.63, 3.8) is 0 Å². The SMILES string of the molecule is COc1cnn(C)c1C(NN)C1(C)CCCS1. The first kappa shape index (κ1) is 12.7. The molecule has 0 radical (unpaired) electrons. The van der Waals surface area contributed by atoms with Crippen molar-refractivity contribution >= 4 is 11.8 Å². The number of nitrogens with zero attached hydrogens (tertiary/aromatic N) is 2. The summed E-state index contributed by atoms with van der Waals surface area (Å²) in [5, 5.41) is 4.25. The zero-order valence-electron chi connectivity index (χ0n) is 10.6. The number of nitrogens with one attached hydrogen (secondary N) is 1. The first-order valence-electron chi connectivity index (χ1n) is 5.78. The Labute approximate surface area is 106 Å². The molecule has 1 aromatic heterocycles. The third-order valence-electron chi connectivity index (χ3n) is 3.47. The highest BCUT2D eigenvalue weighted by Crippen LogP contribution is 2.47. The number of aromatic nitrogens is 2. The van der Waals surface area contributed by atoms with Crippen LogP contribution in [0.3, 0.4) is 0 Å². The maximum absolute atomic E-state index is 5.76. The highest BCUT2D eigenvalue weighted by atomic mass is 32.2. The summed E-state index contributed by atoms with van der Waals surface area (Å²) in [7, 11) is 3.59. The second-order valence-electron chi connectivity index (χ2n) is 4.59. The lowest BCUT2D eigenvalue weighted by Gasteiger charge is -2.33. The third kappa shape index (κ3) is 2.17. The van der Waals surface area contributed by atoms with Gasteiger partial charge in [-0.15, -0.1) is 0 Å². The molecule has 1 saturated heterocycles. The summed E-state index contributed by atoms with van der Waals surface area (Å²) in [5.74, 6) is 7.75. The average Bonchev–Trinajstić information content (AvgIpc) is 2.89. The molecule has 5 nitrogen and oxygen atoms in total. The van der Waals surface area contributed by atoms with Gasteiger partial charge in [0.05, 0.1) is 25.0 Å². The highest BCUT2D eigenvalue weighted by Gasteiger charge is 2.41. The molecule has 6 heteroatoms. The zero-order chi connectivity index (χ0) is 12.5. The van der Waals surface area contributed by atoms with Crippen molar-refractivity contribution in [2.24, 2.45) is 12.9 Å². The predicted molar refractivity (Wildman–Crippen MR) is 69.9 cm³/mol. The van der Waals surface area contributed by atoms with Crippen molar-refractivity contribution in [3.05, 3.63) is 11.9 Å². The third-order valence-corrected chi connectivity index (χ3v) is 5.06. The number of methoxy groups -OCH3 is 1. The van der Waals surface area contributed by atoms with Crippen LogP contribution < -0.4 is 16.0 Å². The van der Waals surface area contributed by atoms with E-state index < -0.39 is 0 Å². The smallest absolute Gasteiger partial charge is 0.161 e. The standard InChI is InChI=1S/C11H20N4OS/c1-11(5-4-6-17-11)10(14-12)9-8(16-3)7-13-15(9)2/h7,10,14H,4-6,12H2,1-3H3. The molecule has 2 unspecified atom stereocenters. The Hall–Kier alpha value is -0.720. The average molecular weight is 256 g/mol. The van der Waals surface area contributed by atoms with Gasteiger partial charge >= 0.3 is 0 Å². The Bertz CT molecular complexity index is 387. The summed E-state index contributed by atoms with van der Waals surface area (Å²) < 4.78 is 7.31. The maximum atomic E-state index is 5.76. The number of hydrogen-bond donors (Lipinski definition) is 2. The van der Waals surface area contributed by atoms with Crippen LogP contribution in [0.4, 0.5) is 0 Å². The predicted octanol–water partition coefficient (Wildman–Crippen LogP) is 1.22. The first-order valence-corrected chi connectivity index (χ1v) is 6.77. The molecular weight excluding hydrogens is 236 g/mol. The monoisotopic (exact) mass is 256 g/mol. The molecule has 0 aliphatic carbocycles. The number of aryl methyl sites for hydroxylation is 1. The molecule has 3 N–H and O–H groups in total. The lowest BCUT2D eigenvalue weighted by Crippen LogP contribution is -2.42. The van der Waals surface area contributed by atoms with Gasteiger partial charge in [0.25, 0.3) is 0 Å². The molecule has 1 aromatic rings. The van der Waals surface area contributed by atoms with Gasteiger partial charge in [-0.05, 0) is 25.5 Å². The minimum absolute atomic E-state index is 0.0532. The van der Waals surface area contributed by atoms with Crippen LogP contribution in [0, 0.1) is 0 Å². The Balaban J connectivity index is 2.37. The van der Waals surface area contributed by atoms with E-state index in [0.717, 1.165) is 17.9 Å². The fourth-order valence-electron chi connectivity index (χ4n) is 2.49.